The molecule has 20 heavy (non-hydrogen) atoms. The van der Waals surface area contributed by atoms with Gasteiger partial charge in [0.25, 0.3) is 0 Å². The van der Waals surface area contributed by atoms with Crippen molar-refractivity contribution in [1.82, 2.24) is 5.32 Å². The van der Waals surface area contributed by atoms with Crippen LogP contribution in [-0.4, -0.2) is 13.1 Å². The fourth-order valence-corrected chi connectivity index (χ4v) is 2.47. The molecule has 0 amide bonds. The van der Waals surface area contributed by atoms with Gasteiger partial charge in [0.15, 0.2) is 0 Å². The molecule has 0 radical (unpaired) electrons. The molecular weight excluding hydrogens is 246 g/mol. The Balaban J connectivity index is 2.01. The second-order valence-corrected chi connectivity index (χ2v) is 6.04. The van der Waals surface area contributed by atoms with Crippen molar-refractivity contribution in [3.8, 4) is 0 Å². The molecule has 0 bridgehead atoms. The van der Waals surface area contributed by atoms with Crippen LogP contribution < -0.4 is 5.32 Å². The molecule has 0 fully saturated rings. The van der Waals surface area contributed by atoms with E-state index in [1.165, 1.54) is 35.8 Å². The molecule has 0 saturated carbocycles. The van der Waals surface area contributed by atoms with Gasteiger partial charge in [0.1, 0.15) is 5.58 Å². The summed E-state index contributed by atoms with van der Waals surface area (Å²) >= 11 is 0. The number of unbranched alkanes of at least 4 members (excludes halogenated alkanes) is 1. The van der Waals surface area contributed by atoms with Gasteiger partial charge < -0.3 is 9.73 Å². The Labute approximate surface area is 122 Å². The van der Waals surface area contributed by atoms with E-state index in [1.54, 1.807) is 0 Å². The molecular formula is C18H27NO. The average molecular weight is 273 g/mol. The first-order chi connectivity index (χ1) is 9.70. The molecule has 0 aliphatic carbocycles. The van der Waals surface area contributed by atoms with E-state index in [-0.39, 0.29) is 0 Å². The van der Waals surface area contributed by atoms with Crippen molar-refractivity contribution in [2.24, 2.45) is 5.92 Å². The zero-order chi connectivity index (χ0) is 14.4. The van der Waals surface area contributed by atoms with E-state index in [2.05, 4.69) is 44.3 Å². The minimum Gasteiger partial charge on any atom is -0.464 e. The Morgan fingerprint density at radius 2 is 2.05 bits per heavy atom. The lowest BCUT2D eigenvalue weighted by atomic mass is 10.0. The summed E-state index contributed by atoms with van der Waals surface area (Å²) in [5, 5.41) is 4.79. The maximum absolute atomic E-state index is 5.66. The van der Waals surface area contributed by atoms with Gasteiger partial charge in [-0.25, -0.2) is 0 Å². The van der Waals surface area contributed by atoms with Crippen molar-refractivity contribution >= 4 is 11.0 Å². The molecule has 2 aromatic rings. The Kier molecular flexibility index (Phi) is 5.66. The first-order valence-electron chi connectivity index (χ1n) is 7.90. The van der Waals surface area contributed by atoms with Crippen molar-refractivity contribution in [2.45, 2.75) is 46.5 Å². The van der Waals surface area contributed by atoms with Crippen molar-refractivity contribution in [1.29, 1.82) is 0 Å². The Morgan fingerprint density at radius 1 is 1.20 bits per heavy atom. The largest absolute Gasteiger partial charge is 0.464 e. The molecule has 0 unspecified atom stereocenters. The highest BCUT2D eigenvalue weighted by molar-refractivity contribution is 5.81. The number of nitrogens with one attached hydrogen (secondary N) is 1. The molecule has 2 rings (SSSR count). The lowest BCUT2D eigenvalue weighted by Crippen LogP contribution is -2.21. The summed E-state index contributed by atoms with van der Waals surface area (Å²) in [4.78, 5) is 0. The number of furan rings is 1. The van der Waals surface area contributed by atoms with Crippen molar-refractivity contribution in [2.75, 3.05) is 13.1 Å². The van der Waals surface area contributed by atoms with Crippen LogP contribution >= 0.6 is 0 Å². The summed E-state index contributed by atoms with van der Waals surface area (Å²) in [5.74, 6) is 0.705. The highest BCUT2D eigenvalue weighted by atomic mass is 16.3. The summed E-state index contributed by atoms with van der Waals surface area (Å²) < 4.78 is 5.66. The van der Waals surface area contributed by atoms with Crippen LogP contribution in [0, 0.1) is 5.92 Å². The van der Waals surface area contributed by atoms with Gasteiger partial charge in [0, 0.05) is 5.39 Å². The number of rotatable bonds is 8. The van der Waals surface area contributed by atoms with E-state index in [4.69, 9.17) is 4.42 Å². The Morgan fingerprint density at radius 3 is 2.80 bits per heavy atom. The number of hydrogen-bond donors (Lipinski definition) is 1. The summed E-state index contributed by atoms with van der Waals surface area (Å²) in [5.41, 5.74) is 3.77. The number of aryl methyl sites for hydroxylation is 1. The predicted octanol–water partition coefficient (Wildman–Crippen LogP) is 4.56. The smallest absolute Gasteiger partial charge is 0.134 e. The minimum absolute atomic E-state index is 0.705. The number of benzene rings is 1. The summed E-state index contributed by atoms with van der Waals surface area (Å²) in [7, 11) is 0. The molecule has 1 heterocycles. The molecule has 110 valence electrons. The van der Waals surface area contributed by atoms with Crippen LogP contribution in [0.2, 0.25) is 0 Å². The lowest BCUT2D eigenvalue weighted by Gasteiger charge is -2.06. The van der Waals surface area contributed by atoms with Gasteiger partial charge in [-0.2, -0.15) is 0 Å². The standard InChI is InChI=1S/C18H27NO/c1-4-5-6-15-7-8-18-17(11-15)16(13-20-18)9-10-19-12-14(2)3/h7-8,11,13-14,19H,4-6,9-10,12H2,1-3H3. The topological polar surface area (TPSA) is 25.2 Å². The van der Waals surface area contributed by atoms with Crippen LogP contribution in [0.1, 0.15) is 44.7 Å². The SMILES string of the molecule is CCCCc1ccc2occ(CCNCC(C)C)c2c1. The molecule has 0 spiro atoms. The molecule has 1 aromatic heterocycles. The van der Waals surface area contributed by atoms with Gasteiger partial charge in [-0.1, -0.05) is 33.3 Å². The molecule has 1 aromatic carbocycles. The fourth-order valence-electron chi connectivity index (χ4n) is 2.47. The van der Waals surface area contributed by atoms with Crippen LogP contribution in [0.4, 0.5) is 0 Å². The summed E-state index contributed by atoms with van der Waals surface area (Å²) in [6.07, 6.45) is 6.63. The molecule has 1 N–H and O–H groups in total. The second kappa shape index (κ2) is 7.49. The van der Waals surface area contributed by atoms with Gasteiger partial charge in [-0.05, 0) is 61.5 Å². The highest BCUT2D eigenvalue weighted by Crippen LogP contribution is 2.23. The predicted molar refractivity (Wildman–Crippen MR) is 86.2 cm³/mol. The van der Waals surface area contributed by atoms with Crippen LogP contribution in [0.3, 0.4) is 0 Å². The molecule has 0 atom stereocenters. The van der Waals surface area contributed by atoms with Crippen LogP contribution in [0.25, 0.3) is 11.0 Å². The van der Waals surface area contributed by atoms with Crippen molar-refractivity contribution in [3.05, 3.63) is 35.6 Å². The number of hydrogen-bond acceptors (Lipinski definition) is 2. The average Bonchev–Trinajstić information content (AvgIpc) is 2.83. The molecule has 0 aliphatic heterocycles. The van der Waals surface area contributed by atoms with Gasteiger partial charge >= 0.3 is 0 Å². The first kappa shape index (κ1) is 15.1. The maximum Gasteiger partial charge on any atom is 0.134 e. The quantitative estimate of drug-likeness (QED) is 0.713. The van der Waals surface area contributed by atoms with E-state index in [9.17, 15) is 0 Å². The monoisotopic (exact) mass is 273 g/mol. The third-order valence-corrected chi connectivity index (χ3v) is 3.66. The summed E-state index contributed by atoms with van der Waals surface area (Å²) in [6.45, 7) is 8.81. The van der Waals surface area contributed by atoms with Crippen LogP contribution in [0.15, 0.2) is 28.9 Å². The van der Waals surface area contributed by atoms with Crippen molar-refractivity contribution in [3.63, 3.8) is 0 Å². The molecule has 0 saturated heterocycles. The van der Waals surface area contributed by atoms with E-state index in [1.807, 2.05) is 6.26 Å². The maximum atomic E-state index is 5.66. The van der Waals surface area contributed by atoms with Crippen LogP contribution in [0.5, 0.6) is 0 Å². The van der Waals surface area contributed by atoms with E-state index >= 15 is 0 Å². The van der Waals surface area contributed by atoms with Crippen LogP contribution in [-0.2, 0) is 12.8 Å². The Hall–Kier alpha value is -1.28. The van der Waals surface area contributed by atoms with Gasteiger partial charge in [-0.15, -0.1) is 0 Å². The zero-order valence-electron chi connectivity index (χ0n) is 13.0. The fraction of sp³-hybridized carbons (Fsp3) is 0.556. The van der Waals surface area contributed by atoms with Crippen molar-refractivity contribution < 1.29 is 4.42 Å². The second-order valence-electron chi connectivity index (χ2n) is 6.04. The van der Waals surface area contributed by atoms with E-state index < -0.39 is 0 Å². The first-order valence-corrected chi connectivity index (χ1v) is 7.90. The van der Waals surface area contributed by atoms with Gasteiger partial charge in [-0.3, -0.25) is 0 Å². The highest BCUT2D eigenvalue weighted by Gasteiger charge is 2.06. The number of fused-ring (bicyclic) bond motifs is 1. The van der Waals surface area contributed by atoms with E-state index in [0.717, 1.165) is 25.1 Å². The molecule has 0 aliphatic rings. The van der Waals surface area contributed by atoms with Gasteiger partial charge in [0.05, 0.1) is 6.26 Å². The Bertz CT molecular complexity index is 527. The third kappa shape index (κ3) is 4.11. The van der Waals surface area contributed by atoms with Gasteiger partial charge in [0.2, 0.25) is 0 Å². The minimum atomic E-state index is 0.705. The summed E-state index contributed by atoms with van der Waals surface area (Å²) in [6, 6.07) is 6.62. The lowest BCUT2D eigenvalue weighted by molar-refractivity contribution is 0.552. The van der Waals surface area contributed by atoms with E-state index in [0.29, 0.717) is 5.92 Å². The zero-order valence-corrected chi connectivity index (χ0v) is 13.0. The molecule has 2 heteroatoms. The normalized spacial score (nSPS) is 11.6. The third-order valence-electron chi connectivity index (χ3n) is 3.66. The molecule has 2 nitrogen and oxygen atoms in total.